The molecule has 1 fully saturated rings. The summed E-state index contributed by atoms with van der Waals surface area (Å²) >= 11 is 0. The van der Waals surface area contributed by atoms with Gasteiger partial charge in [0.15, 0.2) is 23.1 Å². The third-order valence-corrected chi connectivity index (χ3v) is 7.48. The van der Waals surface area contributed by atoms with Crippen LogP contribution >= 0.6 is 0 Å². The van der Waals surface area contributed by atoms with Crippen LogP contribution in [0, 0.1) is 0 Å². The van der Waals surface area contributed by atoms with E-state index in [0.717, 1.165) is 5.56 Å². The van der Waals surface area contributed by atoms with Gasteiger partial charge in [0.05, 0.1) is 12.2 Å². The summed E-state index contributed by atoms with van der Waals surface area (Å²) in [6, 6.07) is 16.8. The van der Waals surface area contributed by atoms with E-state index in [-0.39, 0.29) is 40.2 Å². The molecule has 5 rings (SSSR count). The smallest absolute Gasteiger partial charge is 0.229 e. The summed E-state index contributed by atoms with van der Waals surface area (Å²) in [5, 5.41) is 61.9. The van der Waals surface area contributed by atoms with E-state index in [0.29, 0.717) is 12.8 Å². The number of fused-ring (bicyclic) bond motifs is 2. The van der Waals surface area contributed by atoms with Gasteiger partial charge in [-0.15, -0.1) is 0 Å². The maximum Gasteiger partial charge on any atom is 0.229 e. The number of rotatable bonds is 8. The molecule has 0 bridgehead atoms. The first-order valence-electron chi connectivity index (χ1n) is 13.0. The highest BCUT2D eigenvalue weighted by Crippen LogP contribution is 2.47. The molecule has 6 atom stereocenters. The number of aliphatic hydroxyl groups is 5. The number of benzene rings is 3. The molecule has 6 N–H and O–H groups in total. The van der Waals surface area contributed by atoms with E-state index in [2.05, 4.69) is 0 Å². The number of phenolic OH excluding ortho intramolecular Hbond substituents is 1. The minimum absolute atomic E-state index is 0.0257. The maximum absolute atomic E-state index is 13.5. The summed E-state index contributed by atoms with van der Waals surface area (Å²) in [5.41, 5.74) is 1.06. The third-order valence-electron chi connectivity index (χ3n) is 7.48. The highest BCUT2D eigenvalue weighted by Gasteiger charge is 2.46. The molecule has 0 aromatic heterocycles. The Morgan fingerprint density at radius 2 is 1.48 bits per heavy atom. The van der Waals surface area contributed by atoms with Gasteiger partial charge in [-0.3, -0.25) is 9.59 Å². The van der Waals surface area contributed by atoms with Crippen molar-refractivity contribution in [3.63, 3.8) is 0 Å². The van der Waals surface area contributed by atoms with Crippen LogP contribution in [-0.4, -0.2) is 86.1 Å². The topological polar surface area (TPSA) is 174 Å². The summed E-state index contributed by atoms with van der Waals surface area (Å²) in [4.78, 5) is 27.1. The Morgan fingerprint density at radius 3 is 2.12 bits per heavy atom. The lowest BCUT2D eigenvalue weighted by Crippen LogP contribution is -2.60. The van der Waals surface area contributed by atoms with Crippen molar-refractivity contribution >= 4 is 11.6 Å². The number of aliphatic hydroxyl groups excluding tert-OH is 5. The molecule has 6 unspecified atom stereocenters. The van der Waals surface area contributed by atoms with Crippen LogP contribution in [0.25, 0.3) is 0 Å². The molecule has 210 valence electrons. The number of hydrogen-bond acceptors (Lipinski definition) is 10. The van der Waals surface area contributed by atoms with Gasteiger partial charge in [-0.2, -0.15) is 0 Å². The minimum Gasteiger partial charge on any atom is -0.504 e. The van der Waals surface area contributed by atoms with Crippen LogP contribution in [0.1, 0.15) is 61.7 Å². The zero-order valence-corrected chi connectivity index (χ0v) is 21.4. The molecular weight excluding hydrogens is 520 g/mol. The van der Waals surface area contributed by atoms with Crippen LogP contribution in [0.2, 0.25) is 0 Å². The lowest BCUT2D eigenvalue weighted by atomic mass is 9.79. The summed E-state index contributed by atoms with van der Waals surface area (Å²) in [5.74, 6) is -2.52. The first kappa shape index (κ1) is 27.9. The van der Waals surface area contributed by atoms with Gasteiger partial charge in [0.2, 0.25) is 6.29 Å². The van der Waals surface area contributed by atoms with Crippen LogP contribution < -0.4 is 4.74 Å². The lowest BCUT2D eigenvalue weighted by Gasteiger charge is -2.40. The number of carbonyl (C=O) groups is 2. The fourth-order valence-electron chi connectivity index (χ4n) is 5.38. The largest absolute Gasteiger partial charge is 0.504 e. The Bertz CT molecular complexity index is 1400. The van der Waals surface area contributed by atoms with Gasteiger partial charge in [0.25, 0.3) is 0 Å². The van der Waals surface area contributed by atoms with Crippen molar-refractivity contribution in [3.05, 3.63) is 94.0 Å². The third kappa shape index (κ3) is 4.79. The number of carbonyl (C=O) groups excluding carboxylic acids is 2. The number of hydrogen-bond donors (Lipinski definition) is 6. The van der Waals surface area contributed by atoms with Gasteiger partial charge >= 0.3 is 0 Å². The molecule has 0 saturated carbocycles. The molecule has 1 aliphatic carbocycles. The zero-order chi connectivity index (χ0) is 28.6. The molecule has 3 aromatic rings. The van der Waals surface area contributed by atoms with Gasteiger partial charge < -0.3 is 40.1 Å². The molecular formula is C30H30O10. The second kappa shape index (κ2) is 11.5. The Kier molecular flexibility index (Phi) is 7.99. The summed E-state index contributed by atoms with van der Waals surface area (Å²) in [6.45, 7) is -0.825. The fraction of sp³-hybridized carbons (Fsp3) is 0.333. The number of ether oxygens (including phenoxy) is 2. The van der Waals surface area contributed by atoms with E-state index in [9.17, 15) is 40.2 Å². The normalized spacial score (nSPS) is 24.8. The van der Waals surface area contributed by atoms with Crippen molar-refractivity contribution in [2.75, 3.05) is 13.2 Å². The molecule has 0 radical (unpaired) electrons. The molecule has 1 aliphatic heterocycles. The molecule has 0 amide bonds. The van der Waals surface area contributed by atoms with Gasteiger partial charge in [0, 0.05) is 34.8 Å². The van der Waals surface area contributed by atoms with E-state index < -0.39 is 60.5 Å². The van der Waals surface area contributed by atoms with Crippen LogP contribution in [0.3, 0.4) is 0 Å². The van der Waals surface area contributed by atoms with Gasteiger partial charge in [0.1, 0.15) is 24.4 Å². The average molecular weight is 551 g/mol. The zero-order valence-electron chi connectivity index (χ0n) is 21.4. The van der Waals surface area contributed by atoms with E-state index >= 15 is 0 Å². The highest BCUT2D eigenvalue weighted by molar-refractivity contribution is 6.29. The van der Waals surface area contributed by atoms with Gasteiger partial charge in [-0.1, -0.05) is 54.6 Å². The Balaban J connectivity index is 1.70. The summed E-state index contributed by atoms with van der Waals surface area (Å²) < 4.78 is 11.5. The first-order chi connectivity index (χ1) is 19.3. The number of ketones is 2. The molecule has 1 heterocycles. The molecule has 10 heteroatoms. The van der Waals surface area contributed by atoms with Crippen LogP contribution in [0.15, 0.2) is 60.7 Å². The maximum atomic E-state index is 13.5. The highest BCUT2D eigenvalue weighted by atomic mass is 16.7. The van der Waals surface area contributed by atoms with Gasteiger partial charge in [-0.25, -0.2) is 0 Å². The standard InChI is InChI=1S/C30H30O10/c31-12-6-11-16(15-7-2-1-3-8-15)19-13-20-22(24(34)18-10-5-4-9-17(18)23(20)33)26(36)29(19)40-30-28(38)27(37)25(35)21(14-32)39-30/h1-5,7-10,13,16,21,25,27-28,30-32,35-38H,6,11-12,14H2. The Hall–Kier alpha value is -3.64. The molecule has 2 aliphatic rings. The Labute approximate surface area is 229 Å². The summed E-state index contributed by atoms with van der Waals surface area (Å²) in [6.07, 6.45) is -7.38. The quantitative estimate of drug-likeness (QED) is 0.187. The van der Waals surface area contributed by atoms with Crippen molar-refractivity contribution in [3.8, 4) is 11.5 Å². The number of aromatic hydroxyl groups is 1. The number of phenols is 1. The molecule has 0 spiro atoms. The van der Waals surface area contributed by atoms with E-state index in [1.165, 1.54) is 18.2 Å². The van der Waals surface area contributed by atoms with Crippen LogP contribution in [0.4, 0.5) is 0 Å². The van der Waals surface area contributed by atoms with Crippen molar-refractivity contribution in [1.29, 1.82) is 0 Å². The first-order valence-corrected chi connectivity index (χ1v) is 13.0. The second-order valence-electron chi connectivity index (χ2n) is 9.91. The van der Waals surface area contributed by atoms with E-state index in [1.54, 1.807) is 12.1 Å². The van der Waals surface area contributed by atoms with Crippen LogP contribution in [-0.2, 0) is 4.74 Å². The van der Waals surface area contributed by atoms with Crippen molar-refractivity contribution < 1.29 is 49.7 Å². The van der Waals surface area contributed by atoms with E-state index in [4.69, 9.17) is 9.47 Å². The van der Waals surface area contributed by atoms with E-state index in [1.807, 2.05) is 30.3 Å². The van der Waals surface area contributed by atoms with Crippen molar-refractivity contribution in [2.24, 2.45) is 0 Å². The molecule has 3 aromatic carbocycles. The second-order valence-corrected chi connectivity index (χ2v) is 9.91. The average Bonchev–Trinajstić information content (AvgIpc) is 2.98. The molecule has 10 nitrogen and oxygen atoms in total. The molecule has 40 heavy (non-hydrogen) atoms. The lowest BCUT2D eigenvalue weighted by molar-refractivity contribution is -0.277. The Morgan fingerprint density at radius 1 is 0.825 bits per heavy atom. The predicted molar refractivity (Wildman–Crippen MR) is 140 cm³/mol. The van der Waals surface area contributed by atoms with Crippen molar-refractivity contribution in [2.45, 2.75) is 49.5 Å². The monoisotopic (exact) mass is 550 g/mol. The molecule has 1 saturated heterocycles. The van der Waals surface area contributed by atoms with Crippen LogP contribution in [0.5, 0.6) is 11.5 Å². The fourth-order valence-corrected chi connectivity index (χ4v) is 5.38. The van der Waals surface area contributed by atoms with Gasteiger partial charge in [-0.05, 0) is 24.5 Å². The predicted octanol–water partition coefficient (Wildman–Crippen LogP) is 1.25. The summed E-state index contributed by atoms with van der Waals surface area (Å²) in [7, 11) is 0. The SMILES string of the molecule is O=C1c2ccccc2C(=O)c2c1cc(C(CCCO)c1ccccc1)c(OC1OC(CO)C(O)C(O)C1O)c2O. The minimum atomic E-state index is -1.79. The van der Waals surface area contributed by atoms with Crippen molar-refractivity contribution in [1.82, 2.24) is 0 Å².